The topological polar surface area (TPSA) is 45.2 Å². The predicted molar refractivity (Wildman–Crippen MR) is 100 cm³/mol. The van der Waals surface area contributed by atoms with E-state index in [1.54, 1.807) is 12.4 Å². The molecule has 132 valence electrons. The first-order valence-corrected chi connectivity index (χ1v) is 9.40. The molecule has 2 amide bonds. The van der Waals surface area contributed by atoms with Crippen LogP contribution in [-0.2, 0) is 0 Å². The Kier molecular flexibility index (Phi) is 8.36. The highest BCUT2D eigenvalue weighted by Gasteiger charge is 2.22. The molecule has 0 bridgehead atoms. The van der Waals surface area contributed by atoms with E-state index in [2.05, 4.69) is 29.4 Å². The van der Waals surface area contributed by atoms with Crippen LogP contribution in [0.15, 0.2) is 36.7 Å². The fraction of sp³-hybridized carbons (Fsp3) is 0.600. The summed E-state index contributed by atoms with van der Waals surface area (Å²) in [7, 11) is 0. The van der Waals surface area contributed by atoms with Crippen LogP contribution in [-0.4, -0.2) is 29.0 Å². The van der Waals surface area contributed by atoms with Gasteiger partial charge in [0.1, 0.15) is 0 Å². The molecule has 1 N–H and O–H groups in total. The van der Waals surface area contributed by atoms with Crippen molar-refractivity contribution in [1.29, 1.82) is 0 Å². The molecule has 0 atom stereocenters. The molecule has 0 spiro atoms. The van der Waals surface area contributed by atoms with E-state index in [0.717, 1.165) is 37.5 Å². The number of pyridine rings is 1. The van der Waals surface area contributed by atoms with Crippen molar-refractivity contribution in [3.05, 3.63) is 36.7 Å². The molecule has 0 radical (unpaired) electrons. The maximum atomic E-state index is 12.2. The molecule has 0 aromatic carbocycles. The molecule has 0 saturated carbocycles. The average molecular weight is 329 g/mol. The van der Waals surface area contributed by atoms with E-state index in [0.29, 0.717) is 0 Å². The van der Waals surface area contributed by atoms with Gasteiger partial charge in [0.25, 0.3) is 0 Å². The van der Waals surface area contributed by atoms with Crippen molar-refractivity contribution in [2.24, 2.45) is 5.92 Å². The lowest BCUT2D eigenvalue weighted by Gasteiger charge is -2.31. The molecule has 0 aliphatic carbocycles. The van der Waals surface area contributed by atoms with Crippen molar-refractivity contribution in [2.45, 2.75) is 58.3 Å². The first-order chi connectivity index (χ1) is 11.8. The maximum Gasteiger partial charge on any atom is 0.321 e. The van der Waals surface area contributed by atoms with Gasteiger partial charge in [-0.25, -0.2) is 4.79 Å². The zero-order valence-electron chi connectivity index (χ0n) is 14.9. The number of piperidine rings is 1. The minimum atomic E-state index is 0.00969. The number of amides is 2. The number of hydrogen-bond acceptors (Lipinski definition) is 2. The summed E-state index contributed by atoms with van der Waals surface area (Å²) in [5.41, 5.74) is 0.810. The van der Waals surface area contributed by atoms with Crippen LogP contribution in [0.2, 0.25) is 0 Å². The van der Waals surface area contributed by atoms with Gasteiger partial charge in [-0.2, -0.15) is 0 Å². The standard InChI is InChI=1S/C20H31N3O/c1-2-3-4-5-6-7-8-9-18-12-16-23(17-13-18)20(24)22-19-10-14-21-15-11-19/h6-7,10-11,14-15,18H,2-5,8-9,12-13,16-17H2,1H3,(H,21,22,24)/b7-6+. The van der Waals surface area contributed by atoms with E-state index >= 15 is 0 Å². The van der Waals surface area contributed by atoms with Crippen molar-refractivity contribution in [2.75, 3.05) is 18.4 Å². The van der Waals surface area contributed by atoms with Gasteiger partial charge in [0.15, 0.2) is 0 Å². The molecule has 4 nitrogen and oxygen atoms in total. The van der Waals surface area contributed by atoms with Gasteiger partial charge in [-0.1, -0.05) is 31.9 Å². The predicted octanol–water partition coefficient (Wildman–Crippen LogP) is 5.24. The van der Waals surface area contributed by atoms with Crippen LogP contribution >= 0.6 is 0 Å². The number of anilines is 1. The minimum Gasteiger partial charge on any atom is -0.325 e. The van der Waals surface area contributed by atoms with Gasteiger partial charge in [-0.15, -0.1) is 0 Å². The molecule has 2 rings (SSSR count). The number of nitrogens with zero attached hydrogens (tertiary/aromatic N) is 2. The maximum absolute atomic E-state index is 12.2. The second-order valence-corrected chi connectivity index (χ2v) is 6.64. The third kappa shape index (κ3) is 6.73. The highest BCUT2D eigenvalue weighted by Crippen LogP contribution is 2.22. The van der Waals surface area contributed by atoms with E-state index in [9.17, 15) is 4.79 Å². The molecule has 0 unspecified atom stereocenters. The SMILES string of the molecule is CCCCC/C=C/CCC1CCN(C(=O)Nc2ccncc2)CC1. The highest BCUT2D eigenvalue weighted by atomic mass is 16.2. The lowest BCUT2D eigenvalue weighted by molar-refractivity contribution is 0.180. The molecule has 1 aromatic rings. The normalized spacial score (nSPS) is 15.8. The first-order valence-electron chi connectivity index (χ1n) is 9.40. The summed E-state index contributed by atoms with van der Waals surface area (Å²) >= 11 is 0. The Labute approximate surface area is 146 Å². The summed E-state index contributed by atoms with van der Waals surface area (Å²) in [6.07, 6.45) is 17.9. The zero-order valence-corrected chi connectivity index (χ0v) is 14.9. The Morgan fingerprint density at radius 1 is 1.21 bits per heavy atom. The van der Waals surface area contributed by atoms with Crippen LogP contribution < -0.4 is 5.32 Å². The lowest BCUT2D eigenvalue weighted by atomic mass is 9.92. The van der Waals surface area contributed by atoms with Crippen LogP contribution in [0.5, 0.6) is 0 Å². The number of carbonyl (C=O) groups is 1. The molecule has 24 heavy (non-hydrogen) atoms. The van der Waals surface area contributed by atoms with E-state index in [4.69, 9.17) is 0 Å². The number of rotatable bonds is 8. The average Bonchev–Trinajstić information content (AvgIpc) is 2.62. The van der Waals surface area contributed by atoms with Crippen LogP contribution in [0.4, 0.5) is 10.5 Å². The van der Waals surface area contributed by atoms with Gasteiger partial charge < -0.3 is 10.2 Å². The largest absolute Gasteiger partial charge is 0.325 e. The van der Waals surface area contributed by atoms with E-state index in [-0.39, 0.29) is 6.03 Å². The summed E-state index contributed by atoms with van der Waals surface area (Å²) in [5, 5.41) is 2.94. The number of allylic oxidation sites excluding steroid dienone is 2. The van der Waals surface area contributed by atoms with Gasteiger partial charge in [-0.3, -0.25) is 4.98 Å². The second kappa shape index (κ2) is 10.8. The first kappa shape index (κ1) is 18.5. The number of hydrogen-bond donors (Lipinski definition) is 1. The Morgan fingerprint density at radius 3 is 2.62 bits per heavy atom. The Hall–Kier alpha value is -1.84. The molecule has 1 fully saturated rings. The van der Waals surface area contributed by atoms with E-state index in [1.807, 2.05) is 17.0 Å². The monoisotopic (exact) mass is 329 g/mol. The lowest BCUT2D eigenvalue weighted by Crippen LogP contribution is -2.41. The third-order valence-electron chi connectivity index (χ3n) is 4.72. The van der Waals surface area contributed by atoms with Crippen LogP contribution in [0.3, 0.4) is 0 Å². The summed E-state index contributed by atoms with van der Waals surface area (Å²) < 4.78 is 0. The molecule has 1 aliphatic rings. The van der Waals surface area contributed by atoms with Gasteiger partial charge in [-0.05, 0) is 56.6 Å². The summed E-state index contributed by atoms with van der Waals surface area (Å²) in [6.45, 7) is 3.97. The van der Waals surface area contributed by atoms with Crippen molar-refractivity contribution < 1.29 is 4.79 Å². The number of carbonyl (C=O) groups excluding carboxylic acids is 1. The molecule has 2 heterocycles. The number of likely N-dealkylation sites (tertiary alicyclic amines) is 1. The third-order valence-corrected chi connectivity index (χ3v) is 4.72. The minimum absolute atomic E-state index is 0.00969. The molecular formula is C20H31N3O. The summed E-state index contributed by atoms with van der Waals surface area (Å²) in [6, 6.07) is 3.64. The highest BCUT2D eigenvalue weighted by molar-refractivity contribution is 5.89. The van der Waals surface area contributed by atoms with Crippen molar-refractivity contribution in [3.63, 3.8) is 0 Å². The zero-order chi connectivity index (χ0) is 17.0. The Balaban J connectivity index is 1.60. The molecule has 1 aromatic heterocycles. The Bertz CT molecular complexity index is 493. The second-order valence-electron chi connectivity index (χ2n) is 6.64. The molecule has 1 saturated heterocycles. The quantitative estimate of drug-likeness (QED) is 0.523. The van der Waals surface area contributed by atoms with E-state index in [1.165, 1.54) is 38.5 Å². The number of aromatic nitrogens is 1. The summed E-state index contributed by atoms with van der Waals surface area (Å²) in [4.78, 5) is 18.1. The number of nitrogens with one attached hydrogen (secondary N) is 1. The molecular weight excluding hydrogens is 298 g/mol. The van der Waals surface area contributed by atoms with Gasteiger partial charge in [0, 0.05) is 31.2 Å². The Morgan fingerprint density at radius 2 is 1.92 bits per heavy atom. The number of urea groups is 1. The van der Waals surface area contributed by atoms with Gasteiger partial charge in [0.05, 0.1) is 0 Å². The fourth-order valence-corrected chi connectivity index (χ4v) is 3.14. The fourth-order valence-electron chi connectivity index (χ4n) is 3.14. The smallest absolute Gasteiger partial charge is 0.321 e. The van der Waals surface area contributed by atoms with Crippen molar-refractivity contribution >= 4 is 11.7 Å². The van der Waals surface area contributed by atoms with Crippen molar-refractivity contribution in [3.8, 4) is 0 Å². The van der Waals surface area contributed by atoms with Crippen LogP contribution in [0, 0.1) is 5.92 Å². The van der Waals surface area contributed by atoms with Crippen LogP contribution in [0.1, 0.15) is 58.3 Å². The summed E-state index contributed by atoms with van der Waals surface area (Å²) in [5.74, 6) is 0.760. The van der Waals surface area contributed by atoms with Crippen LogP contribution in [0.25, 0.3) is 0 Å². The molecule has 1 aliphatic heterocycles. The van der Waals surface area contributed by atoms with Crippen molar-refractivity contribution in [1.82, 2.24) is 9.88 Å². The van der Waals surface area contributed by atoms with Gasteiger partial charge in [0.2, 0.25) is 0 Å². The van der Waals surface area contributed by atoms with E-state index < -0.39 is 0 Å². The number of unbranched alkanes of at least 4 members (excludes halogenated alkanes) is 3. The van der Waals surface area contributed by atoms with Gasteiger partial charge >= 0.3 is 6.03 Å². The molecule has 4 heteroatoms.